The number of imidazole rings is 1. The maximum atomic E-state index is 11.6. The Morgan fingerprint density at radius 3 is 2.84 bits per heavy atom. The molecule has 0 amide bonds. The van der Waals surface area contributed by atoms with E-state index in [9.17, 15) is 4.79 Å². The van der Waals surface area contributed by atoms with Gasteiger partial charge in [-0.15, -0.1) is 0 Å². The minimum Gasteiger partial charge on any atom is -0.394 e. The maximum absolute atomic E-state index is 11.6. The fourth-order valence-electron chi connectivity index (χ4n) is 1.70. The van der Waals surface area contributed by atoms with Crippen LogP contribution in [0.2, 0.25) is 0 Å². The topological polar surface area (TPSA) is 139 Å². The predicted molar refractivity (Wildman–Crippen MR) is 66.3 cm³/mol. The van der Waals surface area contributed by atoms with Gasteiger partial charge in [0.1, 0.15) is 12.3 Å². The van der Waals surface area contributed by atoms with Crippen LogP contribution in [-0.4, -0.2) is 49.0 Å². The summed E-state index contributed by atoms with van der Waals surface area (Å²) in [5.74, 6) is -0.0210. The van der Waals surface area contributed by atoms with E-state index in [1.807, 2.05) is 0 Å². The highest BCUT2D eigenvalue weighted by molar-refractivity contribution is 5.70. The number of aliphatic hydroxyl groups excluding tert-OH is 2. The van der Waals surface area contributed by atoms with Crippen molar-refractivity contribution in [2.75, 3.05) is 18.9 Å². The van der Waals surface area contributed by atoms with Crippen LogP contribution in [0.1, 0.15) is 13.2 Å². The van der Waals surface area contributed by atoms with Crippen molar-refractivity contribution in [3.05, 3.63) is 16.7 Å². The van der Waals surface area contributed by atoms with Crippen LogP contribution in [0.5, 0.6) is 0 Å². The molecule has 0 saturated heterocycles. The van der Waals surface area contributed by atoms with Gasteiger partial charge in [0, 0.05) is 0 Å². The second kappa shape index (κ2) is 5.34. The van der Waals surface area contributed by atoms with Crippen molar-refractivity contribution >= 4 is 17.1 Å². The van der Waals surface area contributed by atoms with Crippen LogP contribution in [0.25, 0.3) is 11.2 Å². The van der Waals surface area contributed by atoms with Gasteiger partial charge in [0.15, 0.2) is 11.2 Å². The molecule has 9 heteroatoms. The molecule has 19 heavy (non-hydrogen) atoms. The third-order valence-electron chi connectivity index (χ3n) is 2.64. The summed E-state index contributed by atoms with van der Waals surface area (Å²) in [6.45, 7) is 1.05. The molecular formula is C10H15N5O4. The van der Waals surface area contributed by atoms with Crippen molar-refractivity contribution in [1.82, 2.24) is 19.5 Å². The number of fused-ring (bicyclic) bond motifs is 1. The molecule has 0 bridgehead atoms. The average molecular weight is 269 g/mol. The zero-order chi connectivity index (χ0) is 14.0. The van der Waals surface area contributed by atoms with E-state index in [1.54, 1.807) is 6.92 Å². The second-order valence-electron chi connectivity index (χ2n) is 4.00. The fourth-order valence-corrected chi connectivity index (χ4v) is 1.70. The van der Waals surface area contributed by atoms with Crippen molar-refractivity contribution < 1.29 is 14.9 Å². The number of nitrogen functional groups attached to an aromatic ring is 1. The highest BCUT2D eigenvalue weighted by atomic mass is 16.5. The zero-order valence-corrected chi connectivity index (χ0v) is 10.3. The van der Waals surface area contributed by atoms with Gasteiger partial charge in [-0.25, -0.2) is 4.98 Å². The first kappa shape index (κ1) is 13.5. The third kappa shape index (κ3) is 2.57. The van der Waals surface area contributed by atoms with Crippen LogP contribution in [0.3, 0.4) is 0 Å². The lowest BCUT2D eigenvalue weighted by molar-refractivity contribution is -0.0840. The van der Waals surface area contributed by atoms with E-state index in [4.69, 9.17) is 20.7 Å². The predicted octanol–water partition coefficient (Wildman–Crippen LogP) is -1.41. The summed E-state index contributed by atoms with van der Waals surface area (Å²) < 4.78 is 6.91. The summed E-state index contributed by atoms with van der Waals surface area (Å²) in [5.41, 5.74) is 5.47. The molecule has 9 nitrogen and oxygen atoms in total. The van der Waals surface area contributed by atoms with E-state index >= 15 is 0 Å². The molecule has 0 radical (unpaired) electrons. The molecule has 0 fully saturated rings. The Hall–Kier alpha value is -1.97. The van der Waals surface area contributed by atoms with Crippen LogP contribution in [-0.2, 0) is 4.74 Å². The highest BCUT2D eigenvalue weighted by Gasteiger charge is 2.17. The summed E-state index contributed by atoms with van der Waals surface area (Å²) >= 11 is 0. The van der Waals surface area contributed by atoms with Crippen LogP contribution in [0.15, 0.2) is 11.1 Å². The summed E-state index contributed by atoms with van der Waals surface area (Å²) in [6, 6.07) is 0. The molecule has 0 saturated carbocycles. The zero-order valence-electron chi connectivity index (χ0n) is 10.3. The van der Waals surface area contributed by atoms with Crippen molar-refractivity contribution in [2.45, 2.75) is 19.3 Å². The monoisotopic (exact) mass is 269 g/mol. The molecule has 0 unspecified atom stereocenters. The van der Waals surface area contributed by atoms with E-state index in [0.717, 1.165) is 0 Å². The first-order chi connectivity index (χ1) is 9.06. The molecule has 2 heterocycles. The van der Waals surface area contributed by atoms with E-state index in [2.05, 4.69) is 15.0 Å². The summed E-state index contributed by atoms with van der Waals surface area (Å²) in [4.78, 5) is 21.9. The van der Waals surface area contributed by atoms with E-state index < -0.39 is 17.9 Å². The Bertz CT molecular complexity index is 618. The van der Waals surface area contributed by atoms with Crippen LogP contribution in [0.4, 0.5) is 5.95 Å². The fraction of sp³-hybridized carbons (Fsp3) is 0.500. The number of nitrogens with one attached hydrogen (secondary N) is 1. The Kier molecular flexibility index (Phi) is 3.79. The largest absolute Gasteiger partial charge is 0.394 e. The summed E-state index contributed by atoms with van der Waals surface area (Å²) in [6.07, 6.45) is 0.109. The standard InChI is InChI=1S/C10H15N5O4/c1-5(19-6(2-16)3-17)15-4-12-7-8(15)13-10(11)14-9(7)18/h4-6,16-17H,2-3H2,1H3,(H3,11,13,14,18)/t5-/m1/s1. The van der Waals surface area contributed by atoms with Crippen molar-refractivity contribution in [3.8, 4) is 0 Å². The van der Waals surface area contributed by atoms with Gasteiger partial charge in [-0.3, -0.25) is 14.3 Å². The number of rotatable bonds is 5. The number of anilines is 1. The molecule has 5 N–H and O–H groups in total. The Morgan fingerprint density at radius 2 is 2.21 bits per heavy atom. The third-order valence-corrected chi connectivity index (χ3v) is 2.64. The van der Waals surface area contributed by atoms with E-state index in [0.29, 0.717) is 0 Å². The molecular weight excluding hydrogens is 254 g/mol. The van der Waals surface area contributed by atoms with Gasteiger partial charge in [0.2, 0.25) is 5.95 Å². The number of nitrogens with two attached hydrogens (primary N) is 1. The number of nitrogens with zero attached hydrogens (tertiary/aromatic N) is 3. The minimum atomic E-state index is -0.716. The molecule has 104 valence electrons. The Balaban J connectivity index is 2.37. The maximum Gasteiger partial charge on any atom is 0.280 e. The number of hydrogen-bond donors (Lipinski definition) is 4. The van der Waals surface area contributed by atoms with Gasteiger partial charge in [-0.1, -0.05) is 0 Å². The molecule has 0 spiro atoms. The van der Waals surface area contributed by atoms with Crippen LogP contribution >= 0.6 is 0 Å². The lowest BCUT2D eigenvalue weighted by Crippen LogP contribution is -2.26. The lowest BCUT2D eigenvalue weighted by Gasteiger charge is -2.20. The number of H-pyrrole nitrogens is 1. The second-order valence-corrected chi connectivity index (χ2v) is 4.00. The minimum absolute atomic E-state index is 0.0210. The Morgan fingerprint density at radius 1 is 1.53 bits per heavy atom. The van der Waals surface area contributed by atoms with Gasteiger partial charge in [0.05, 0.1) is 19.5 Å². The molecule has 2 rings (SSSR count). The van der Waals surface area contributed by atoms with Gasteiger partial charge in [0.25, 0.3) is 5.56 Å². The molecule has 1 atom stereocenters. The number of aliphatic hydroxyl groups is 2. The first-order valence-electron chi connectivity index (χ1n) is 5.66. The molecule has 0 aliphatic rings. The lowest BCUT2D eigenvalue weighted by atomic mass is 10.4. The van der Waals surface area contributed by atoms with Crippen LogP contribution < -0.4 is 11.3 Å². The van der Waals surface area contributed by atoms with E-state index in [1.165, 1.54) is 10.9 Å². The smallest absolute Gasteiger partial charge is 0.280 e. The molecule has 0 aliphatic heterocycles. The van der Waals surface area contributed by atoms with E-state index in [-0.39, 0.29) is 30.3 Å². The van der Waals surface area contributed by atoms with Gasteiger partial charge in [-0.05, 0) is 6.92 Å². The summed E-state index contributed by atoms with van der Waals surface area (Å²) in [7, 11) is 0. The highest BCUT2D eigenvalue weighted by Crippen LogP contribution is 2.16. The van der Waals surface area contributed by atoms with Gasteiger partial charge < -0.3 is 20.7 Å². The van der Waals surface area contributed by atoms with Crippen molar-refractivity contribution in [2.24, 2.45) is 0 Å². The van der Waals surface area contributed by atoms with Gasteiger partial charge >= 0.3 is 0 Å². The number of ether oxygens (including phenoxy) is 1. The number of aromatic amines is 1. The molecule has 0 aromatic carbocycles. The van der Waals surface area contributed by atoms with Crippen molar-refractivity contribution in [3.63, 3.8) is 0 Å². The summed E-state index contributed by atoms with van der Waals surface area (Å²) in [5, 5.41) is 17.9. The van der Waals surface area contributed by atoms with Crippen molar-refractivity contribution in [1.29, 1.82) is 0 Å². The van der Waals surface area contributed by atoms with Gasteiger partial charge in [-0.2, -0.15) is 4.98 Å². The molecule has 0 aliphatic carbocycles. The SMILES string of the molecule is C[C@@H](OC(CO)CO)n1cnc2c(=O)[nH]c(N)nc21. The average Bonchev–Trinajstić information content (AvgIpc) is 2.79. The normalized spacial score (nSPS) is 13.3. The molecule has 2 aromatic heterocycles. The number of hydrogen-bond acceptors (Lipinski definition) is 7. The molecule has 2 aromatic rings. The van der Waals surface area contributed by atoms with Crippen LogP contribution in [0, 0.1) is 0 Å². The Labute approximate surface area is 107 Å². The quantitative estimate of drug-likeness (QED) is 0.522. The number of aromatic nitrogens is 4. The first-order valence-corrected chi connectivity index (χ1v) is 5.66.